The van der Waals surface area contributed by atoms with Crippen molar-refractivity contribution in [2.45, 2.75) is 19.8 Å². The maximum absolute atomic E-state index is 12.4. The molecule has 0 bridgehead atoms. The Labute approximate surface area is 161 Å². The Kier molecular flexibility index (Phi) is 4.31. The van der Waals surface area contributed by atoms with Crippen LogP contribution < -0.4 is 11.2 Å². The maximum Gasteiger partial charge on any atom is 0.335 e. The normalized spacial score (nSPS) is 14.0. The average molecular weight is 373 g/mol. The van der Waals surface area contributed by atoms with Crippen molar-refractivity contribution in [1.82, 2.24) is 9.55 Å². The lowest BCUT2D eigenvalue weighted by Gasteiger charge is -2.12. The lowest BCUT2D eigenvalue weighted by molar-refractivity contribution is 0.429. The largest absolute Gasteiger partial charge is 0.494 e. The summed E-state index contributed by atoms with van der Waals surface area (Å²) in [4.78, 5) is 31.3. The number of benzene rings is 2. The molecule has 28 heavy (non-hydrogen) atoms. The fourth-order valence-corrected chi connectivity index (χ4v) is 3.23. The van der Waals surface area contributed by atoms with Gasteiger partial charge in [0.2, 0.25) is 5.88 Å². The van der Waals surface area contributed by atoms with Gasteiger partial charge in [-0.3, -0.25) is 14.8 Å². The van der Waals surface area contributed by atoms with Crippen LogP contribution in [0, 0.1) is 0 Å². The molecule has 6 heteroatoms. The van der Waals surface area contributed by atoms with Crippen molar-refractivity contribution >= 4 is 23.6 Å². The molecular formula is C22H19N3O3. The highest BCUT2D eigenvalue weighted by molar-refractivity contribution is 6.21. The van der Waals surface area contributed by atoms with Gasteiger partial charge in [0.1, 0.15) is 5.56 Å². The summed E-state index contributed by atoms with van der Waals surface area (Å²) in [6, 6.07) is 14.8. The first kappa shape index (κ1) is 17.7. The van der Waals surface area contributed by atoms with Crippen molar-refractivity contribution < 1.29 is 5.11 Å². The van der Waals surface area contributed by atoms with E-state index >= 15 is 0 Å². The molecule has 0 saturated carbocycles. The van der Waals surface area contributed by atoms with E-state index in [1.807, 2.05) is 36.4 Å². The number of para-hydroxylation sites is 1. The number of nitrogens with zero attached hydrogens (tertiary/aromatic N) is 2. The number of allylic oxidation sites excluding steroid dienone is 1. The molecule has 1 aliphatic rings. The molecule has 2 aromatic carbocycles. The van der Waals surface area contributed by atoms with E-state index < -0.39 is 17.1 Å². The van der Waals surface area contributed by atoms with Gasteiger partial charge in [-0.15, -0.1) is 0 Å². The summed E-state index contributed by atoms with van der Waals surface area (Å²) in [6.07, 6.45) is 3.18. The topological polar surface area (TPSA) is 87.4 Å². The number of aromatic nitrogens is 2. The zero-order valence-corrected chi connectivity index (χ0v) is 15.5. The highest BCUT2D eigenvalue weighted by Crippen LogP contribution is 2.32. The van der Waals surface area contributed by atoms with E-state index in [0.717, 1.165) is 21.4 Å². The minimum absolute atomic E-state index is 0.00527. The Bertz CT molecular complexity index is 1230. The standard InChI is InChI=1S/C22H19N3O3/c1-13(2)14-7-9-16(10-8-14)25-21(27)18(20(26)24-22(25)28)11-15-12-23-19-6-4-3-5-17(15)19/h3-13,27H,1-2H3,(H,24,26,28)/b15-11+. The van der Waals surface area contributed by atoms with Gasteiger partial charge < -0.3 is 5.11 Å². The van der Waals surface area contributed by atoms with Crippen LogP contribution in [0.3, 0.4) is 0 Å². The first-order valence-corrected chi connectivity index (χ1v) is 8.99. The second kappa shape index (κ2) is 6.81. The summed E-state index contributed by atoms with van der Waals surface area (Å²) in [5.41, 5.74) is 2.60. The van der Waals surface area contributed by atoms with E-state index in [1.54, 1.807) is 24.4 Å². The number of aliphatic imine (C=N–C) groups is 1. The molecule has 0 fully saturated rings. The van der Waals surface area contributed by atoms with Crippen molar-refractivity contribution in [2.24, 2.45) is 4.99 Å². The van der Waals surface area contributed by atoms with E-state index in [-0.39, 0.29) is 5.56 Å². The zero-order chi connectivity index (χ0) is 19.8. The molecule has 4 rings (SSSR count). The van der Waals surface area contributed by atoms with Gasteiger partial charge in [0.15, 0.2) is 0 Å². The molecule has 1 aliphatic heterocycles. The molecule has 0 aliphatic carbocycles. The number of hydrogen-bond donors (Lipinski definition) is 2. The van der Waals surface area contributed by atoms with Crippen molar-refractivity contribution in [1.29, 1.82) is 0 Å². The number of fused-ring (bicyclic) bond motifs is 1. The fourth-order valence-electron chi connectivity index (χ4n) is 3.23. The smallest absolute Gasteiger partial charge is 0.335 e. The minimum Gasteiger partial charge on any atom is -0.494 e. The van der Waals surface area contributed by atoms with Crippen molar-refractivity contribution in [3.63, 3.8) is 0 Å². The Morgan fingerprint density at radius 3 is 2.50 bits per heavy atom. The summed E-state index contributed by atoms with van der Waals surface area (Å²) in [5, 5.41) is 10.7. The highest BCUT2D eigenvalue weighted by atomic mass is 16.3. The molecule has 2 N–H and O–H groups in total. The van der Waals surface area contributed by atoms with Gasteiger partial charge in [-0.25, -0.2) is 9.36 Å². The maximum atomic E-state index is 12.4. The first-order valence-electron chi connectivity index (χ1n) is 8.99. The summed E-state index contributed by atoms with van der Waals surface area (Å²) in [5.74, 6) is -0.0618. The van der Waals surface area contributed by atoms with Crippen molar-refractivity contribution in [3.05, 3.63) is 86.1 Å². The predicted molar refractivity (Wildman–Crippen MR) is 111 cm³/mol. The van der Waals surface area contributed by atoms with Crippen LogP contribution in [0.1, 0.15) is 36.5 Å². The van der Waals surface area contributed by atoms with Crippen LogP contribution in [0.2, 0.25) is 0 Å². The minimum atomic E-state index is -0.692. The number of H-pyrrole nitrogens is 1. The molecular weight excluding hydrogens is 354 g/mol. The van der Waals surface area contributed by atoms with E-state index in [9.17, 15) is 14.7 Å². The number of aromatic hydroxyl groups is 1. The Hall–Kier alpha value is -3.67. The molecule has 6 nitrogen and oxygen atoms in total. The highest BCUT2D eigenvalue weighted by Gasteiger charge is 2.17. The van der Waals surface area contributed by atoms with E-state index in [0.29, 0.717) is 17.2 Å². The molecule has 140 valence electrons. The lowest BCUT2D eigenvalue weighted by atomic mass is 10.0. The van der Waals surface area contributed by atoms with Crippen molar-refractivity contribution in [2.75, 3.05) is 0 Å². The molecule has 0 atom stereocenters. The monoisotopic (exact) mass is 373 g/mol. The Balaban J connectivity index is 1.86. The van der Waals surface area contributed by atoms with Crippen LogP contribution in [0.25, 0.3) is 17.3 Å². The van der Waals surface area contributed by atoms with Crippen LogP contribution in [-0.4, -0.2) is 20.9 Å². The second-order valence-corrected chi connectivity index (χ2v) is 6.95. The van der Waals surface area contributed by atoms with Gasteiger partial charge in [0.05, 0.1) is 11.4 Å². The summed E-state index contributed by atoms with van der Waals surface area (Å²) in [6.45, 7) is 4.15. The predicted octanol–water partition coefficient (Wildman–Crippen LogP) is 3.61. The number of nitrogens with one attached hydrogen (secondary N) is 1. The number of aromatic amines is 1. The first-order chi connectivity index (χ1) is 13.5. The molecule has 0 saturated heterocycles. The molecule has 3 aromatic rings. The van der Waals surface area contributed by atoms with Gasteiger partial charge in [-0.1, -0.05) is 44.2 Å². The van der Waals surface area contributed by atoms with Crippen LogP contribution in [-0.2, 0) is 0 Å². The van der Waals surface area contributed by atoms with E-state index in [4.69, 9.17) is 0 Å². The van der Waals surface area contributed by atoms with Crippen LogP contribution in [0.4, 0.5) is 5.69 Å². The lowest BCUT2D eigenvalue weighted by Crippen LogP contribution is -2.30. The quantitative estimate of drug-likeness (QED) is 0.735. The number of rotatable bonds is 3. The molecule has 0 spiro atoms. The van der Waals surface area contributed by atoms with Gasteiger partial charge >= 0.3 is 5.69 Å². The fraction of sp³-hybridized carbons (Fsp3) is 0.136. The Morgan fingerprint density at radius 1 is 1.07 bits per heavy atom. The van der Waals surface area contributed by atoms with Gasteiger partial charge in [0.25, 0.3) is 5.56 Å². The van der Waals surface area contributed by atoms with E-state index in [1.165, 1.54) is 0 Å². The molecule has 0 amide bonds. The molecule has 0 radical (unpaired) electrons. The van der Waals surface area contributed by atoms with Gasteiger partial charge in [-0.2, -0.15) is 0 Å². The summed E-state index contributed by atoms with van der Waals surface area (Å²) >= 11 is 0. The SMILES string of the molecule is CC(C)c1ccc(-n2c(O)c(/C=C3\C=Nc4ccccc43)c(=O)[nH]c2=O)cc1. The van der Waals surface area contributed by atoms with Crippen LogP contribution in [0.5, 0.6) is 5.88 Å². The average Bonchev–Trinajstić information content (AvgIpc) is 3.08. The molecule has 2 heterocycles. The summed E-state index contributed by atoms with van der Waals surface area (Å²) < 4.78 is 1.09. The summed E-state index contributed by atoms with van der Waals surface area (Å²) in [7, 11) is 0. The molecule has 1 aromatic heterocycles. The van der Waals surface area contributed by atoms with E-state index in [2.05, 4.69) is 23.8 Å². The van der Waals surface area contributed by atoms with Crippen LogP contribution >= 0.6 is 0 Å². The Morgan fingerprint density at radius 2 is 1.79 bits per heavy atom. The van der Waals surface area contributed by atoms with Gasteiger partial charge in [0, 0.05) is 17.4 Å². The zero-order valence-electron chi connectivity index (χ0n) is 15.5. The molecule has 0 unspecified atom stereocenters. The third-order valence-electron chi connectivity index (χ3n) is 4.80. The van der Waals surface area contributed by atoms with Gasteiger partial charge in [-0.05, 0) is 35.8 Å². The number of hydrogen-bond acceptors (Lipinski definition) is 4. The third-order valence-corrected chi connectivity index (χ3v) is 4.80. The second-order valence-electron chi connectivity index (χ2n) is 6.95. The third kappa shape index (κ3) is 2.99. The van der Waals surface area contributed by atoms with Crippen molar-refractivity contribution in [3.8, 4) is 11.6 Å². The van der Waals surface area contributed by atoms with Crippen LogP contribution in [0.15, 0.2) is 63.1 Å².